The minimum absolute atomic E-state index is 0.0102. The molecular weight excluding hydrogens is 132 g/mol. The van der Waals surface area contributed by atoms with Gasteiger partial charge in [-0.15, -0.1) is 0 Å². The molecule has 0 atom stereocenters. The number of carbonyl (C=O) groups is 1. The van der Waals surface area contributed by atoms with Gasteiger partial charge in [-0.2, -0.15) is 0 Å². The molecule has 3 nitrogen and oxygen atoms in total. The fraction of sp³-hybridized carbons (Fsp3) is 0.571. The molecule has 0 radical (unpaired) electrons. The molecule has 58 valence electrons. The van der Waals surface area contributed by atoms with Crippen LogP contribution in [0.4, 0.5) is 0 Å². The van der Waals surface area contributed by atoms with E-state index in [1.165, 1.54) is 6.08 Å². The van der Waals surface area contributed by atoms with Gasteiger partial charge in [-0.25, -0.2) is 0 Å². The molecule has 0 spiro atoms. The quantitative estimate of drug-likeness (QED) is 0.461. The Morgan fingerprint density at radius 2 is 2.30 bits per heavy atom. The topological polar surface area (TPSA) is 46.5 Å². The van der Waals surface area contributed by atoms with Crippen molar-refractivity contribution in [1.82, 2.24) is 0 Å². The average molecular weight is 144 g/mol. The van der Waals surface area contributed by atoms with Gasteiger partial charge in [-0.3, -0.25) is 4.79 Å². The second-order valence-corrected chi connectivity index (χ2v) is 1.69. The summed E-state index contributed by atoms with van der Waals surface area (Å²) in [7, 11) is 0. The van der Waals surface area contributed by atoms with E-state index in [1.807, 2.05) is 0 Å². The highest BCUT2D eigenvalue weighted by Crippen LogP contribution is 1.84. The molecule has 0 heterocycles. The van der Waals surface area contributed by atoms with Crippen LogP contribution < -0.4 is 0 Å². The van der Waals surface area contributed by atoms with Crippen LogP contribution in [0.15, 0.2) is 12.2 Å². The number of aliphatic hydroxyl groups is 1. The number of rotatable bonds is 4. The molecule has 0 unspecified atom stereocenters. The lowest BCUT2D eigenvalue weighted by Gasteiger charge is -1.96. The Balaban J connectivity index is 3.19. The summed E-state index contributed by atoms with van der Waals surface area (Å²) < 4.78 is 4.66. The first-order valence-electron chi connectivity index (χ1n) is 3.22. The van der Waals surface area contributed by atoms with Crippen LogP contribution in [0.2, 0.25) is 0 Å². The van der Waals surface area contributed by atoms with Crippen LogP contribution >= 0.6 is 0 Å². The summed E-state index contributed by atoms with van der Waals surface area (Å²) in [5.41, 5.74) is 0. The Bertz CT molecular complexity index is 118. The third-order valence-electron chi connectivity index (χ3n) is 0.901. The molecule has 0 aromatic rings. The molecule has 1 N–H and O–H groups in total. The van der Waals surface area contributed by atoms with Crippen LogP contribution in [0.5, 0.6) is 0 Å². The van der Waals surface area contributed by atoms with Crippen molar-refractivity contribution in [1.29, 1.82) is 0 Å². The Hall–Kier alpha value is -0.830. The number of carbonyl (C=O) groups excluding carboxylic acids is 1. The van der Waals surface area contributed by atoms with Gasteiger partial charge in [0.15, 0.2) is 0 Å². The molecule has 0 aliphatic carbocycles. The van der Waals surface area contributed by atoms with Crippen molar-refractivity contribution in [3.8, 4) is 0 Å². The highest BCUT2D eigenvalue weighted by atomic mass is 16.5. The van der Waals surface area contributed by atoms with Crippen LogP contribution in [0, 0.1) is 0 Å². The van der Waals surface area contributed by atoms with Crippen molar-refractivity contribution in [2.45, 2.75) is 13.3 Å². The molecule has 0 aliphatic heterocycles. The summed E-state index contributed by atoms with van der Waals surface area (Å²) in [5.74, 6) is -0.220. The molecule has 3 heteroatoms. The summed E-state index contributed by atoms with van der Waals surface area (Å²) in [4.78, 5) is 10.5. The van der Waals surface area contributed by atoms with Gasteiger partial charge in [0, 0.05) is 6.42 Å². The van der Waals surface area contributed by atoms with E-state index in [-0.39, 0.29) is 19.2 Å². The average Bonchev–Trinajstić information content (AvgIpc) is 1.98. The summed E-state index contributed by atoms with van der Waals surface area (Å²) in [6.07, 6.45) is 3.53. The maximum Gasteiger partial charge on any atom is 0.305 e. The third-order valence-corrected chi connectivity index (χ3v) is 0.901. The van der Waals surface area contributed by atoms with Crippen LogP contribution in [0.1, 0.15) is 13.3 Å². The highest BCUT2D eigenvalue weighted by molar-refractivity contribution is 5.68. The van der Waals surface area contributed by atoms with E-state index in [1.54, 1.807) is 13.0 Å². The van der Waals surface area contributed by atoms with E-state index in [4.69, 9.17) is 5.11 Å². The fourth-order valence-corrected chi connectivity index (χ4v) is 0.386. The molecule has 0 amide bonds. The first-order valence-corrected chi connectivity index (χ1v) is 3.22. The molecule has 10 heavy (non-hydrogen) atoms. The highest BCUT2D eigenvalue weighted by Gasteiger charge is 1.92. The molecule has 0 aliphatic rings. The fourth-order valence-electron chi connectivity index (χ4n) is 0.386. The maximum absolute atomic E-state index is 10.5. The van der Waals surface area contributed by atoms with Gasteiger partial charge in [0.2, 0.25) is 0 Å². The lowest BCUT2D eigenvalue weighted by Crippen LogP contribution is -2.01. The van der Waals surface area contributed by atoms with Gasteiger partial charge in [0.1, 0.15) is 6.61 Å². The minimum Gasteiger partial charge on any atom is -0.461 e. The van der Waals surface area contributed by atoms with E-state index in [2.05, 4.69) is 4.74 Å². The Morgan fingerprint density at radius 3 is 2.80 bits per heavy atom. The number of esters is 1. The van der Waals surface area contributed by atoms with Gasteiger partial charge in [-0.1, -0.05) is 13.0 Å². The first-order chi connectivity index (χ1) is 4.81. The van der Waals surface area contributed by atoms with Crippen molar-refractivity contribution in [3.63, 3.8) is 0 Å². The predicted molar refractivity (Wildman–Crippen MR) is 37.5 cm³/mol. The van der Waals surface area contributed by atoms with Gasteiger partial charge >= 0.3 is 5.97 Å². The number of hydrogen-bond acceptors (Lipinski definition) is 3. The third kappa shape index (κ3) is 5.31. The van der Waals surface area contributed by atoms with E-state index in [0.717, 1.165) is 0 Å². The zero-order valence-electron chi connectivity index (χ0n) is 6.04. The number of ether oxygens (including phenoxy) is 1. The molecule has 0 fully saturated rings. The van der Waals surface area contributed by atoms with Crippen molar-refractivity contribution >= 4 is 5.97 Å². The van der Waals surface area contributed by atoms with Gasteiger partial charge in [0.05, 0.1) is 6.61 Å². The van der Waals surface area contributed by atoms with Crippen LogP contribution in [0.3, 0.4) is 0 Å². The Labute approximate surface area is 60.3 Å². The zero-order valence-corrected chi connectivity index (χ0v) is 6.04. The second kappa shape index (κ2) is 6.29. The van der Waals surface area contributed by atoms with E-state index < -0.39 is 0 Å². The van der Waals surface area contributed by atoms with Crippen molar-refractivity contribution in [3.05, 3.63) is 12.2 Å². The summed E-state index contributed by atoms with van der Waals surface area (Å²) in [5, 5.41) is 8.26. The molecule has 0 saturated carbocycles. The largest absolute Gasteiger partial charge is 0.461 e. The van der Waals surface area contributed by atoms with Crippen LogP contribution in [-0.4, -0.2) is 24.3 Å². The number of aliphatic hydroxyl groups excluding tert-OH is 1. The van der Waals surface area contributed by atoms with E-state index >= 15 is 0 Å². The molecule has 0 aromatic carbocycles. The molecule has 0 saturated heterocycles. The predicted octanol–water partition coefficient (Wildman–Crippen LogP) is 0.488. The SMILES string of the molecule is CCC(=O)OC/C=C\CO. The molecule has 0 rings (SSSR count). The number of hydrogen-bond donors (Lipinski definition) is 1. The van der Waals surface area contributed by atoms with Crippen LogP contribution in [0.25, 0.3) is 0 Å². The van der Waals surface area contributed by atoms with Gasteiger partial charge in [-0.05, 0) is 6.08 Å². The normalized spacial score (nSPS) is 10.2. The summed E-state index contributed by atoms with van der Waals surface area (Å²) >= 11 is 0. The summed E-state index contributed by atoms with van der Waals surface area (Å²) in [6.45, 7) is 1.98. The maximum atomic E-state index is 10.5. The monoisotopic (exact) mass is 144 g/mol. The van der Waals surface area contributed by atoms with E-state index in [0.29, 0.717) is 6.42 Å². The molecule has 0 aromatic heterocycles. The van der Waals surface area contributed by atoms with E-state index in [9.17, 15) is 4.79 Å². The lowest BCUT2D eigenvalue weighted by molar-refractivity contribution is -0.141. The van der Waals surface area contributed by atoms with Gasteiger partial charge < -0.3 is 9.84 Å². The molecular formula is C7H12O3. The summed E-state index contributed by atoms with van der Waals surface area (Å²) in [6, 6.07) is 0. The lowest BCUT2D eigenvalue weighted by atomic mass is 10.5. The second-order valence-electron chi connectivity index (χ2n) is 1.69. The standard InChI is InChI=1S/C7H12O3/c1-2-7(9)10-6-4-3-5-8/h3-4,8H,2,5-6H2,1H3/b4-3-. The van der Waals surface area contributed by atoms with Crippen molar-refractivity contribution < 1.29 is 14.6 Å². The smallest absolute Gasteiger partial charge is 0.305 e. The molecule has 0 bridgehead atoms. The minimum atomic E-state index is -0.220. The Kier molecular flexibility index (Phi) is 5.77. The zero-order chi connectivity index (χ0) is 7.82. The first kappa shape index (κ1) is 9.17. The van der Waals surface area contributed by atoms with Gasteiger partial charge in [0.25, 0.3) is 0 Å². The van der Waals surface area contributed by atoms with Crippen molar-refractivity contribution in [2.75, 3.05) is 13.2 Å². The van der Waals surface area contributed by atoms with Crippen molar-refractivity contribution in [2.24, 2.45) is 0 Å². The van der Waals surface area contributed by atoms with Crippen LogP contribution in [-0.2, 0) is 9.53 Å². The Morgan fingerprint density at radius 1 is 1.60 bits per heavy atom.